The van der Waals surface area contributed by atoms with Crippen molar-refractivity contribution < 1.29 is 9.18 Å². The van der Waals surface area contributed by atoms with E-state index in [0.29, 0.717) is 18.5 Å². The molecule has 3 N–H and O–H groups in total. The Morgan fingerprint density at radius 2 is 2.14 bits per heavy atom. The van der Waals surface area contributed by atoms with Crippen molar-refractivity contribution in [1.82, 2.24) is 14.9 Å². The number of nitrogens with one attached hydrogen (secondary N) is 1. The number of imidazole rings is 1. The van der Waals surface area contributed by atoms with Gasteiger partial charge < -0.3 is 15.6 Å². The van der Waals surface area contributed by atoms with E-state index >= 15 is 0 Å². The van der Waals surface area contributed by atoms with Crippen LogP contribution in [0.25, 0.3) is 11.0 Å². The Kier molecular flexibility index (Phi) is 5.78. The van der Waals surface area contributed by atoms with Gasteiger partial charge in [-0.25, -0.2) is 9.37 Å². The summed E-state index contributed by atoms with van der Waals surface area (Å²) < 4.78 is 15.5. The third kappa shape index (κ3) is 3.34. The number of hydrogen-bond donors (Lipinski definition) is 2. The van der Waals surface area contributed by atoms with Gasteiger partial charge in [-0.1, -0.05) is 6.07 Å². The molecule has 3 rings (SSSR count). The van der Waals surface area contributed by atoms with Gasteiger partial charge in [-0.3, -0.25) is 4.79 Å². The summed E-state index contributed by atoms with van der Waals surface area (Å²) in [6.07, 6.45) is 2.04. The molecule has 122 valence electrons. The molecule has 22 heavy (non-hydrogen) atoms. The lowest BCUT2D eigenvalue weighted by Crippen LogP contribution is -2.43. The molecule has 1 aliphatic rings. The van der Waals surface area contributed by atoms with E-state index in [-0.39, 0.29) is 36.5 Å². The Hall–Kier alpha value is -1.37. The van der Waals surface area contributed by atoms with E-state index in [1.807, 2.05) is 17.7 Å². The normalized spacial score (nSPS) is 14.9. The third-order valence-electron chi connectivity index (χ3n) is 3.83. The second-order valence-corrected chi connectivity index (χ2v) is 5.36. The topological polar surface area (TPSA) is 72.9 Å². The number of aromatic nitrogens is 2. The Labute approximate surface area is 140 Å². The number of hydrogen-bond acceptors (Lipinski definition) is 3. The zero-order valence-electron chi connectivity index (χ0n) is 12.1. The van der Waals surface area contributed by atoms with E-state index in [4.69, 9.17) is 5.73 Å². The number of carbonyl (C=O) groups excluding carboxylic acids is 1. The molecule has 0 bridgehead atoms. The second kappa shape index (κ2) is 6.81. The number of carbonyl (C=O) groups is 1. The maximum Gasteiger partial charge on any atom is 0.240 e. The van der Waals surface area contributed by atoms with Crippen molar-refractivity contribution in [3.63, 3.8) is 0 Å². The van der Waals surface area contributed by atoms with Crippen LogP contribution in [0.3, 0.4) is 0 Å². The van der Waals surface area contributed by atoms with Gasteiger partial charge in [0.2, 0.25) is 5.91 Å². The second-order valence-electron chi connectivity index (χ2n) is 5.36. The molecule has 1 aliphatic carbocycles. The summed E-state index contributed by atoms with van der Waals surface area (Å²) in [5, 5.41) is 2.81. The van der Waals surface area contributed by atoms with Gasteiger partial charge in [0.05, 0.1) is 11.1 Å². The zero-order valence-corrected chi connectivity index (χ0v) is 13.8. The number of amides is 1. The highest BCUT2D eigenvalue weighted by Crippen LogP contribution is 2.32. The molecule has 8 heteroatoms. The lowest BCUT2D eigenvalue weighted by Gasteiger charge is -2.09. The van der Waals surface area contributed by atoms with Crippen molar-refractivity contribution in [3.8, 4) is 0 Å². The number of nitrogens with zero attached hydrogens (tertiary/aromatic N) is 2. The number of benzene rings is 1. The summed E-state index contributed by atoms with van der Waals surface area (Å²) in [5.41, 5.74) is 6.27. The van der Waals surface area contributed by atoms with Crippen LogP contribution in [0.5, 0.6) is 0 Å². The van der Waals surface area contributed by atoms with Crippen LogP contribution in [0.1, 0.15) is 18.7 Å². The quantitative estimate of drug-likeness (QED) is 0.883. The van der Waals surface area contributed by atoms with Crippen LogP contribution in [-0.4, -0.2) is 27.5 Å². The average Bonchev–Trinajstić information content (AvgIpc) is 3.09. The molecule has 0 aliphatic heterocycles. The van der Waals surface area contributed by atoms with Gasteiger partial charge >= 0.3 is 0 Å². The van der Waals surface area contributed by atoms with Crippen LogP contribution in [0.4, 0.5) is 4.39 Å². The van der Waals surface area contributed by atoms with E-state index < -0.39 is 5.54 Å². The summed E-state index contributed by atoms with van der Waals surface area (Å²) in [6, 6.07) is 4.88. The molecular weight excluding hydrogens is 330 g/mol. The first-order valence-corrected chi connectivity index (χ1v) is 6.68. The van der Waals surface area contributed by atoms with Gasteiger partial charge in [-0.2, -0.15) is 0 Å². The van der Waals surface area contributed by atoms with Crippen molar-refractivity contribution in [2.75, 3.05) is 6.54 Å². The molecule has 0 spiro atoms. The first-order valence-electron chi connectivity index (χ1n) is 6.68. The first kappa shape index (κ1) is 18.7. The molecule has 1 saturated carbocycles. The van der Waals surface area contributed by atoms with Crippen LogP contribution in [-0.2, 0) is 18.3 Å². The summed E-state index contributed by atoms with van der Waals surface area (Å²) in [5.74, 6) is 0.307. The number of fused-ring (bicyclic) bond motifs is 1. The van der Waals surface area contributed by atoms with Crippen LogP contribution in [0, 0.1) is 5.82 Å². The molecule has 0 radical (unpaired) electrons. The fourth-order valence-corrected chi connectivity index (χ4v) is 2.28. The van der Waals surface area contributed by atoms with Gasteiger partial charge in [0.15, 0.2) is 5.82 Å². The molecule has 1 aromatic heterocycles. The van der Waals surface area contributed by atoms with Crippen molar-refractivity contribution in [3.05, 3.63) is 29.8 Å². The van der Waals surface area contributed by atoms with Crippen molar-refractivity contribution >= 4 is 41.8 Å². The minimum Gasteiger partial charge on any atom is -0.354 e. The van der Waals surface area contributed by atoms with E-state index in [2.05, 4.69) is 10.3 Å². The Balaban J connectivity index is 0.00000121. The summed E-state index contributed by atoms with van der Waals surface area (Å²) in [6.45, 7) is 0.455. The predicted octanol–water partition coefficient (Wildman–Crippen LogP) is 1.71. The van der Waals surface area contributed by atoms with E-state index in [9.17, 15) is 9.18 Å². The van der Waals surface area contributed by atoms with E-state index in [1.165, 1.54) is 6.07 Å². The van der Waals surface area contributed by atoms with Crippen molar-refractivity contribution in [1.29, 1.82) is 0 Å². The molecule has 2 aromatic rings. The largest absolute Gasteiger partial charge is 0.354 e. The number of nitrogens with two attached hydrogens (primary N) is 1. The van der Waals surface area contributed by atoms with E-state index in [1.54, 1.807) is 6.07 Å². The highest BCUT2D eigenvalue weighted by atomic mass is 35.5. The summed E-state index contributed by atoms with van der Waals surface area (Å²) in [7, 11) is 1.84. The molecule has 0 saturated heterocycles. The highest BCUT2D eigenvalue weighted by Gasteiger charge is 2.45. The van der Waals surface area contributed by atoms with Crippen molar-refractivity contribution in [2.24, 2.45) is 12.8 Å². The molecule has 0 atom stereocenters. The molecule has 1 fully saturated rings. The maximum atomic E-state index is 13.6. The SMILES string of the molecule is Cl.Cl.Cn1c(CCNC(=O)C2(N)CC2)nc2c(F)cccc21. The summed E-state index contributed by atoms with van der Waals surface area (Å²) in [4.78, 5) is 16.0. The Morgan fingerprint density at radius 1 is 1.45 bits per heavy atom. The Morgan fingerprint density at radius 3 is 2.73 bits per heavy atom. The molecular formula is C14H19Cl2FN4O. The van der Waals surface area contributed by atoms with E-state index in [0.717, 1.165) is 24.2 Å². The van der Waals surface area contributed by atoms with Gasteiger partial charge in [0.1, 0.15) is 11.3 Å². The zero-order chi connectivity index (χ0) is 14.3. The average molecular weight is 349 g/mol. The van der Waals surface area contributed by atoms with Crippen molar-refractivity contribution in [2.45, 2.75) is 24.8 Å². The molecule has 1 amide bonds. The fraction of sp³-hybridized carbons (Fsp3) is 0.429. The van der Waals surface area contributed by atoms with Crippen LogP contribution in [0.2, 0.25) is 0 Å². The van der Waals surface area contributed by atoms with Gasteiger partial charge in [0.25, 0.3) is 0 Å². The van der Waals surface area contributed by atoms with Gasteiger partial charge in [-0.15, -0.1) is 24.8 Å². The van der Waals surface area contributed by atoms with Crippen LogP contribution < -0.4 is 11.1 Å². The highest BCUT2D eigenvalue weighted by molar-refractivity contribution is 5.89. The molecule has 1 aromatic carbocycles. The lowest BCUT2D eigenvalue weighted by atomic mass is 10.2. The maximum absolute atomic E-state index is 13.6. The minimum absolute atomic E-state index is 0. The molecule has 0 unspecified atom stereocenters. The standard InChI is InChI=1S/C14H17FN4O.2ClH/c1-19-10-4-2-3-9(15)12(10)18-11(19)5-8-17-13(20)14(16)6-7-14;;/h2-4H,5-8,16H2,1H3,(H,17,20);2*1H. The summed E-state index contributed by atoms with van der Waals surface area (Å²) >= 11 is 0. The fourth-order valence-electron chi connectivity index (χ4n) is 2.28. The monoisotopic (exact) mass is 348 g/mol. The van der Waals surface area contributed by atoms with Gasteiger partial charge in [-0.05, 0) is 25.0 Å². The minimum atomic E-state index is -0.654. The number of aryl methyl sites for hydroxylation is 1. The number of rotatable bonds is 4. The number of halogens is 3. The smallest absolute Gasteiger partial charge is 0.240 e. The predicted molar refractivity (Wildman–Crippen MR) is 88.0 cm³/mol. The third-order valence-corrected chi connectivity index (χ3v) is 3.83. The molecule has 5 nitrogen and oxygen atoms in total. The van der Waals surface area contributed by atoms with Crippen LogP contribution in [0.15, 0.2) is 18.2 Å². The number of para-hydroxylation sites is 1. The Bertz CT molecular complexity index is 685. The lowest BCUT2D eigenvalue weighted by molar-refractivity contribution is -0.123. The van der Waals surface area contributed by atoms with Crippen LogP contribution >= 0.6 is 24.8 Å². The molecule has 1 heterocycles. The first-order chi connectivity index (χ1) is 9.51. The van der Waals surface area contributed by atoms with Gasteiger partial charge in [0, 0.05) is 20.0 Å².